The average molecular weight is 255 g/mol. The van der Waals surface area contributed by atoms with E-state index in [4.69, 9.17) is 5.11 Å². The molecule has 1 amide bonds. The summed E-state index contributed by atoms with van der Waals surface area (Å²) in [5, 5.41) is 13.7. The highest BCUT2D eigenvalue weighted by Crippen LogP contribution is 2.11. The summed E-state index contributed by atoms with van der Waals surface area (Å²) in [6, 6.07) is 4.14. The number of carbonyl (C=O) groups excluding carboxylic acids is 1. The molecule has 0 saturated heterocycles. The van der Waals surface area contributed by atoms with E-state index in [9.17, 15) is 4.79 Å². The van der Waals surface area contributed by atoms with Crippen LogP contribution in [0.2, 0.25) is 0 Å². The van der Waals surface area contributed by atoms with Gasteiger partial charge in [-0.3, -0.25) is 4.79 Å². The molecule has 1 rings (SSSR count). The van der Waals surface area contributed by atoms with Crippen molar-refractivity contribution in [3.8, 4) is 0 Å². The molecule has 1 atom stereocenters. The summed E-state index contributed by atoms with van der Waals surface area (Å²) in [4.78, 5) is 12.8. The maximum absolute atomic E-state index is 11.5. The number of rotatable bonds is 8. The van der Waals surface area contributed by atoms with Crippen LogP contribution in [-0.2, 0) is 11.2 Å². The van der Waals surface area contributed by atoms with Crippen LogP contribution in [0.1, 0.15) is 31.1 Å². The molecule has 0 aliphatic rings. The lowest BCUT2D eigenvalue weighted by Crippen LogP contribution is -2.28. The fourth-order valence-corrected chi connectivity index (χ4v) is 2.33. The largest absolute Gasteiger partial charge is 0.396 e. The number of carbonyl (C=O) groups is 1. The summed E-state index contributed by atoms with van der Waals surface area (Å²) in [5.74, 6) is 0.465. The SMILES string of the molecule is CC(CCO)CNC(=O)CCCc1cccs1. The Labute approximate surface area is 107 Å². The van der Waals surface area contributed by atoms with Crippen molar-refractivity contribution in [3.05, 3.63) is 22.4 Å². The van der Waals surface area contributed by atoms with E-state index in [0.29, 0.717) is 18.9 Å². The number of nitrogens with one attached hydrogen (secondary N) is 1. The van der Waals surface area contributed by atoms with Gasteiger partial charge in [-0.05, 0) is 36.6 Å². The van der Waals surface area contributed by atoms with Crippen molar-refractivity contribution in [2.75, 3.05) is 13.2 Å². The summed E-state index contributed by atoms with van der Waals surface area (Å²) in [5.41, 5.74) is 0. The molecule has 3 nitrogen and oxygen atoms in total. The molecule has 0 aliphatic carbocycles. The van der Waals surface area contributed by atoms with Gasteiger partial charge < -0.3 is 10.4 Å². The summed E-state index contributed by atoms with van der Waals surface area (Å²) in [7, 11) is 0. The molecule has 0 saturated carbocycles. The third-order valence-electron chi connectivity index (χ3n) is 2.68. The number of aliphatic hydroxyl groups is 1. The summed E-state index contributed by atoms with van der Waals surface area (Å²) in [6.07, 6.45) is 3.22. The van der Waals surface area contributed by atoms with E-state index in [0.717, 1.165) is 19.3 Å². The van der Waals surface area contributed by atoms with E-state index in [1.165, 1.54) is 4.88 Å². The van der Waals surface area contributed by atoms with Crippen LogP contribution in [-0.4, -0.2) is 24.2 Å². The minimum absolute atomic E-state index is 0.117. The molecular weight excluding hydrogens is 234 g/mol. The van der Waals surface area contributed by atoms with E-state index in [-0.39, 0.29) is 12.5 Å². The van der Waals surface area contributed by atoms with E-state index in [1.54, 1.807) is 11.3 Å². The normalized spacial score (nSPS) is 12.4. The zero-order valence-electron chi connectivity index (χ0n) is 10.3. The van der Waals surface area contributed by atoms with Crippen molar-refractivity contribution in [1.29, 1.82) is 0 Å². The third-order valence-corrected chi connectivity index (χ3v) is 3.61. The molecule has 17 heavy (non-hydrogen) atoms. The molecule has 96 valence electrons. The lowest BCUT2D eigenvalue weighted by atomic mass is 10.1. The summed E-state index contributed by atoms with van der Waals surface area (Å²) >= 11 is 1.74. The molecule has 1 aromatic heterocycles. The second kappa shape index (κ2) is 8.25. The lowest BCUT2D eigenvalue weighted by molar-refractivity contribution is -0.121. The second-order valence-electron chi connectivity index (χ2n) is 4.35. The van der Waals surface area contributed by atoms with Gasteiger partial charge in [0.2, 0.25) is 5.91 Å². The van der Waals surface area contributed by atoms with Gasteiger partial charge in [-0.25, -0.2) is 0 Å². The van der Waals surface area contributed by atoms with Crippen molar-refractivity contribution in [3.63, 3.8) is 0 Å². The van der Waals surface area contributed by atoms with Crippen LogP contribution in [0.5, 0.6) is 0 Å². The van der Waals surface area contributed by atoms with Crippen LogP contribution in [0.3, 0.4) is 0 Å². The quantitative estimate of drug-likeness (QED) is 0.748. The van der Waals surface area contributed by atoms with Crippen molar-refractivity contribution in [2.24, 2.45) is 5.92 Å². The number of amides is 1. The number of thiophene rings is 1. The fourth-order valence-electron chi connectivity index (χ4n) is 1.58. The second-order valence-corrected chi connectivity index (χ2v) is 5.39. The molecule has 0 aliphatic heterocycles. The zero-order valence-corrected chi connectivity index (χ0v) is 11.1. The molecule has 0 spiro atoms. The van der Waals surface area contributed by atoms with E-state index in [1.807, 2.05) is 13.0 Å². The molecule has 4 heteroatoms. The summed E-state index contributed by atoms with van der Waals surface area (Å²) in [6.45, 7) is 2.88. The zero-order chi connectivity index (χ0) is 12.5. The van der Waals surface area contributed by atoms with Gasteiger partial charge in [-0.2, -0.15) is 0 Å². The number of aryl methyl sites for hydroxylation is 1. The first-order valence-electron chi connectivity index (χ1n) is 6.12. The Hall–Kier alpha value is -0.870. The Bertz CT molecular complexity index is 311. The van der Waals surface area contributed by atoms with Crippen LogP contribution in [0, 0.1) is 5.92 Å². The van der Waals surface area contributed by atoms with Crippen molar-refractivity contribution in [1.82, 2.24) is 5.32 Å². The average Bonchev–Trinajstić information content (AvgIpc) is 2.80. The Morgan fingerprint density at radius 2 is 2.41 bits per heavy atom. The molecule has 1 aromatic rings. The number of hydrogen-bond acceptors (Lipinski definition) is 3. The van der Waals surface area contributed by atoms with Gasteiger partial charge in [0, 0.05) is 24.4 Å². The van der Waals surface area contributed by atoms with Gasteiger partial charge in [-0.15, -0.1) is 11.3 Å². The van der Waals surface area contributed by atoms with Crippen molar-refractivity contribution in [2.45, 2.75) is 32.6 Å². The minimum atomic E-state index is 0.117. The van der Waals surface area contributed by atoms with Gasteiger partial charge in [0.25, 0.3) is 0 Å². The molecule has 0 radical (unpaired) electrons. The topological polar surface area (TPSA) is 49.3 Å². The predicted molar refractivity (Wildman–Crippen MR) is 71.1 cm³/mol. The van der Waals surface area contributed by atoms with Gasteiger partial charge in [-0.1, -0.05) is 13.0 Å². The maximum atomic E-state index is 11.5. The van der Waals surface area contributed by atoms with Gasteiger partial charge in [0.1, 0.15) is 0 Å². The third kappa shape index (κ3) is 6.44. The minimum Gasteiger partial charge on any atom is -0.396 e. The van der Waals surface area contributed by atoms with E-state index < -0.39 is 0 Å². The first kappa shape index (κ1) is 14.2. The van der Waals surface area contributed by atoms with Crippen LogP contribution in [0.25, 0.3) is 0 Å². The highest BCUT2D eigenvalue weighted by atomic mass is 32.1. The van der Waals surface area contributed by atoms with Crippen LogP contribution < -0.4 is 5.32 Å². The molecule has 0 bridgehead atoms. The van der Waals surface area contributed by atoms with Crippen molar-refractivity contribution < 1.29 is 9.90 Å². The number of hydrogen-bond donors (Lipinski definition) is 2. The smallest absolute Gasteiger partial charge is 0.220 e. The standard InChI is InChI=1S/C13H21NO2S/c1-11(7-8-15)10-14-13(16)6-2-4-12-5-3-9-17-12/h3,5,9,11,15H,2,4,6-8,10H2,1H3,(H,14,16). The monoisotopic (exact) mass is 255 g/mol. The van der Waals surface area contributed by atoms with Gasteiger partial charge in [0.15, 0.2) is 0 Å². The highest BCUT2D eigenvalue weighted by molar-refractivity contribution is 7.09. The van der Waals surface area contributed by atoms with E-state index in [2.05, 4.69) is 16.8 Å². The van der Waals surface area contributed by atoms with Gasteiger partial charge >= 0.3 is 0 Å². The Balaban J connectivity index is 2.05. The molecule has 0 aromatic carbocycles. The molecule has 0 fully saturated rings. The highest BCUT2D eigenvalue weighted by Gasteiger charge is 2.05. The Morgan fingerprint density at radius 3 is 3.06 bits per heavy atom. The fraction of sp³-hybridized carbons (Fsp3) is 0.615. The Morgan fingerprint density at radius 1 is 1.59 bits per heavy atom. The first-order chi connectivity index (χ1) is 8.22. The molecular formula is C13H21NO2S. The summed E-state index contributed by atoms with van der Waals surface area (Å²) < 4.78 is 0. The van der Waals surface area contributed by atoms with Crippen LogP contribution in [0.4, 0.5) is 0 Å². The van der Waals surface area contributed by atoms with Crippen LogP contribution in [0.15, 0.2) is 17.5 Å². The Kier molecular flexibility index (Phi) is 6.89. The number of aliphatic hydroxyl groups excluding tert-OH is 1. The van der Waals surface area contributed by atoms with Crippen LogP contribution >= 0.6 is 11.3 Å². The molecule has 1 unspecified atom stereocenters. The van der Waals surface area contributed by atoms with Gasteiger partial charge in [0.05, 0.1) is 0 Å². The maximum Gasteiger partial charge on any atom is 0.220 e. The molecule has 1 heterocycles. The molecule has 2 N–H and O–H groups in total. The van der Waals surface area contributed by atoms with E-state index >= 15 is 0 Å². The lowest BCUT2D eigenvalue weighted by Gasteiger charge is -2.10. The van der Waals surface area contributed by atoms with Crippen molar-refractivity contribution >= 4 is 17.2 Å². The predicted octanol–water partition coefficient (Wildman–Crippen LogP) is 2.21. The first-order valence-corrected chi connectivity index (χ1v) is 7.00.